The van der Waals surface area contributed by atoms with Gasteiger partial charge in [0.2, 0.25) is 0 Å². The molecule has 0 saturated heterocycles. The molecule has 0 aromatic carbocycles. The molecule has 0 spiro atoms. The minimum absolute atomic E-state index is 0.0140. The van der Waals surface area contributed by atoms with Crippen molar-refractivity contribution in [1.82, 2.24) is 4.37 Å². The van der Waals surface area contributed by atoms with Crippen molar-refractivity contribution >= 4 is 32.2 Å². The Morgan fingerprint density at radius 1 is 1.65 bits per heavy atom. The van der Waals surface area contributed by atoms with Gasteiger partial charge in [-0.25, -0.2) is 8.42 Å². The number of aromatic nitrogens is 1. The maximum Gasteiger partial charge on any atom is 0.184 e. The first-order valence-corrected chi connectivity index (χ1v) is 7.70. The maximum absolute atomic E-state index is 11.9. The highest BCUT2D eigenvalue weighted by Gasteiger charge is 2.24. The molecule has 5 nitrogen and oxygen atoms in total. The summed E-state index contributed by atoms with van der Waals surface area (Å²) in [4.78, 5) is 0.126. The molecule has 0 aliphatic heterocycles. The van der Waals surface area contributed by atoms with Crippen molar-refractivity contribution < 1.29 is 8.42 Å². The zero-order chi connectivity index (χ0) is 13.1. The molecule has 7 heteroatoms. The van der Waals surface area contributed by atoms with Gasteiger partial charge in [-0.05, 0) is 24.9 Å². The quantitative estimate of drug-likeness (QED) is 0.774. The lowest BCUT2D eigenvalue weighted by molar-refractivity contribution is 0.598. The largest absolute Gasteiger partial charge is 0.382 e. The molecule has 0 fully saturated rings. The molecule has 0 aliphatic carbocycles. The van der Waals surface area contributed by atoms with E-state index < -0.39 is 9.84 Å². The van der Waals surface area contributed by atoms with Crippen molar-refractivity contribution in [2.45, 2.75) is 31.2 Å². The number of nitrogen functional groups attached to an aromatic ring is 1. The lowest BCUT2D eigenvalue weighted by Gasteiger charge is -2.12. The van der Waals surface area contributed by atoms with Crippen LogP contribution >= 0.6 is 11.5 Å². The number of nitrogens with one attached hydrogen (secondary N) is 1. The molecule has 0 saturated carbocycles. The highest BCUT2D eigenvalue weighted by Crippen LogP contribution is 2.32. The molecular weight excluding hydrogens is 258 g/mol. The van der Waals surface area contributed by atoms with Gasteiger partial charge in [0.05, 0.1) is 5.75 Å². The van der Waals surface area contributed by atoms with Gasteiger partial charge in [-0.3, -0.25) is 0 Å². The van der Waals surface area contributed by atoms with Crippen LogP contribution in [0.25, 0.3) is 0 Å². The summed E-state index contributed by atoms with van der Waals surface area (Å²) >= 11 is 1.07. The number of sulfone groups is 1. The van der Waals surface area contributed by atoms with Crippen molar-refractivity contribution in [3.8, 4) is 0 Å². The Bertz CT molecular complexity index is 494. The second-order valence-electron chi connectivity index (χ2n) is 3.70. The summed E-state index contributed by atoms with van der Waals surface area (Å²) < 4.78 is 27.6. The average Bonchev–Trinajstić information content (AvgIpc) is 2.60. The summed E-state index contributed by atoms with van der Waals surface area (Å²) in [7, 11) is -3.34. The summed E-state index contributed by atoms with van der Waals surface area (Å²) in [5, 5.41) is 3.61. The van der Waals surface area contributed by atoms with E-state index in [9.17, 15) is 8.42 Å². The van der Waals surface area contributed by atoms with Crippen LogP contribution in [0.2, 0.25) is 0 Å². The van der Waals surface area contributed by atoms with Crippen molar-refractivity contribution in [1.29, 1.82) is 0 Å². The second kappa shape index (κ2) is 5.50. The third-order valence-corrected chi connectivity index (χ3v) is 4.98. The van der Waals surface area contributed by atoms with Crippen LogP contribution in [0.1, 0.15) is 20.3 Å². The van der Waals surface area contributed by atoms with Crippen LogP contribution in [-0.4, -0.2) is 24.6 Å². The van der Waals surface area contributed by atoms with E-state index in [1.165, 1.54) is 0 Å². The van der Waals surface area contributed by atoms with Crippen LogP contribution in [0.3, 0.4) is 0 Å². The van der Waals surface area contributed by atoms with Gasteiger partial charge in [-0.1, -0.05) is 13.0 Å². The van der Waals surface area contributed by atoms with E-state index in [0.29, 0.717) is 5.00 Å². The molecule has 3 N–H and O–H groups in total. The lowest BCUT2D eigenvalue weighted by atomic mass is 10.2. The van der Waals surface area contributed by atoms with Crippen molar-refractivity contribution in [3.63, 3.8) is 0 Å². The molecule has 0 aliphatic rings. The second-order valence-corrected chi connectivity index (χ2v) is 6.69. The van der Waals surface area contributed by atoms with Gasteiger partial charge >= 0.3 is 0 Å². The Kier molecular flexibility index (Phi) is 4.53. The fourth-order valence-electron chi connectivity index (χ4n) is 1.36. The van der Waals surface area contributed by atoms with E-state index in [1.807, 2.05) is 6.92 Å². The fraction of sp³-hybridized carbons (Fsp3) is 0.500. The van der Waals surface area contributed by atoms with Crippen LogP contribution in [-0.2, 0) is 9.84 Å². The van der Waals surface area contributed by atoms with Crippen molar-refractivity contribution in [3.05, 3.63) is 12.7 Å². The topological polar surface area (TPSA) is 85.1 Å². The van der Waals surface area contributed by atoms with Gasteiger partial charge in [0.15, 0.2) is 15.7 Å². The Balaban J connectivity index is 3.07. The van der Waals surface area contributed by atoms with Gasteiger partial charge in [0, 0.05) is 6.04 Å². The van der Waals surface area contributed by atoms with E-state index in [4.69, 9.17) is 5.73 Å². The standard InChI is InChI=1S/C10H17N3O2S2/c1-4-6-7(3)12-10-8(9(11)13-16-10)17(14,15)5-2/h4,7,12H,1,5-6H2,2-3H3,(H2,11,13). The van der Waals surface area contributed by atoms with Crippen molar-refractivity contribution in [2.24, 2.45) is 0 Å². The smallest absolute Gasteiger partial charge is 0.184 e. The van der Waals surface area contributed by atoms with Crippen LogP contribution in [0.15, 0.2) is 17.6 Å². The lowest BCUT2D eigenvalue weighted by Crippen LogP contribution is -2.16. The molecule has 1 rings (SSSR count). The zero-order valence-corrected chi connectivity index (χ0v) is 11.6. The third-order valence-electron chi connectivity index (χ3n) is 2.26. The van der Waals surface area contributed by atoms with Gasteiger partial charge in [-0.2, -0.15) is 4.37 Å². The van der Waals surface area contributed by atoms with Gasteiger partial charge in [-0.15, -0.1) is 6.58 Å². The molecule has 17 heavy (non-hydrogen) atoms. The zero-order valence-electron chi connectivity index (χ0n) is 9.93. The summed E-state index contributed by atoms with van der Waals surface area (Å²) in [6.45, 7) is 7.17. The molecule has 1 aromatic heterocycles. The SMILES string of the molecule is C=CCC(C)Nc1snc(N)c1S(=O)(=O)CC. The molecule has 1 heterocycles. The van der Waals surface area contributed by atoms with Gasteiger partial charge in [0.1, 0.15) is 9.90 Å². The number of hydrogen-bond acceptors (Lipinski definition) is 6. The third kappa shape index (κ3) is 3.19. The Labute approximate surface area is 106 Å². The fourth-order valence-corrected chi connectivity index (χ4v) is 3.63. The Morgan fingerprint density at radius 2 is 2.29 bits per heavy atom. The summed E-state index contributed by atoms with van der Waals surface area (Å²) in [6, 6.07) is 0.0955. The van der Waals surface area contributed by atoms with Gasteiger partial charge < -0.3 is 11.1 Å². The van der Waals surface area contributed by atoms with E-state index >= 15 is 0 Å². The Morgan fingerprint density at radius 3 is 2.82 bits per heavy atom. The molecule has 0 radical (unpaired) electrons. The monoisotopic (exact) mass is 275 g/mol. The van der Waals surface area contributed by atoms with Crippen LogP contribution < -0.4 is 11.1 Å². The van der Waals surface area contributed by atoms with Gasteiger partial charge in [0.25, 0.3) is 0 Å². The first kappa shape index (κ1) is 14.0. The number of nitrogens with zero attached hydrogens (tertiary/aromatic N) is 1. The molecule has 96 valence electrons. The molecule has 1 unspecified atom stereocenters. The highest BCUT2D eigenvalue weighted by molar-refractivity contribution is 7.91. The van der Waals surface area contributed by atoms with E-state index in [2.05, 4.69) is 16.3 Å². The molecule has 0 bridgehead atoms. The normalized spacial score (nSPS) is 13.3. The summed E-state index contributed by atoms with van der Waals surface area (Å²) in [5.41, 5.74) is 5.61. The summed E-state index contributed by atoms with van der Waals surface area (Å²) in [6.07, 6.45) is 2.51. The summed E-state index contributed by atoms with van der Waals surface area (Å²) in [5.74, 6) is 0.0882. The molecule has 1 aromatic rings. The first-order valence-electron chi connectivity index (χ1n) is 5.27. The number of rotatable bonds is 6. The Hall–Kier alpha value is -1.08. The van der Waals surface area contributed by atoms with E-state index in [-0.39, 0.29) is 22.5 Å². The predicted molar refractivity (Wildman–Crippen MR) is 72.2 cm³/mol. The highest BCUT2D eigenvalue weighted by atomic mass is 32.2. The van der Waals surface area contributed by atoms with E-state index in [0.717, 1.165) is 18.0 Å². The van der Waals surface area contributed by atoms with Crippen LogP contribution in [0.5, 0.6) is 0 Å². The number of nitrogens with two attached hydrogens (primary N) is 1. The maximum atomic E-state index is 11.9. The molecule has 1 atom stereocenters. The molecular formula is C10H17N3O2S2. The van der Waals surface area contributed by atoms with Crippen molar-refractivity contribution in [2.75, 3.05) is 16.8 Å². The first-order chi connectivity index (χ1) is 7.92. The van der Waals surface area contributed by atoms with E-state index in [1.54, 1.807) is 13.0 Å². The minimum Gasteiger partial charge on any atom is -0.382 e. The average molecular weight is 275 g/mol. The van der Waals surface area contributed by atoms with Crippen LogP contribution in [0, 0.1) is 0 Å². The number of hydrogen-bond donors (Lipinski definition) is 2. The minimum atomic E-state index is -3.34. The number of anilines is 2. The predicted octanol–water partition coefficient (Wildman–Crippen LogP) is 1.90. The molecule has 0 amide bonds. The van der Waals surface area contributed by atoms with Crippen LogP contribution in [0.4, 0.5) is 10.8 Å².